The molecule has 1 heteroatoms. The molecular formula is C16H22P+. The van der Waals surface area contributed by atoms with Crippen LogP contribution in [-0.2, 0) is 0 Å². The summed E-state index contributed by atoms with van der Waals surface area (Å²) in [7, 11) is -0.994. The van der Waals surface area contributed by atoms with Gasteiger partial charge in [0.1, 0.15) is 5.30 Å². The van der Waals surface area contributed by atoms with Gasteiger partial charge in [0.25, 0.3) is 0 Å². The summed E-state index contributed by atoms with van der Waals surface area (Å²) in [6.45, 7) is 2.56. The lowest BCUT2D eigenvalue weighted by atomic mass is 10.2. The molecule has 0 aromatic heterocycles. The van der Waals surface area contributed by atoms with E-state index in [9.17, 15) is 0 Å². The van der Waals surface area contributed by atoms with E-state index in [-0.39, 0.29) is 0 Å². The minimum Gasteiger partial charge on any atom is -0.0614 e. The molecule has 0 spiro atoms. The van der Waals surface area contributed by atoms with Crippen molar-refractivity contribution < 1.29 is 0 Å². The molecule has 1 aromatic carbocycles. The van der Waals surface area contributed by atoms with Gasteiger partial charge in [-0.1, -0.05) is 31.0 Å². The Balaban J connectivity index is 1.94. The summed E-state index contributed by atoms with van der Waals surface area (Å²) >= 11 is 0. The first-order valence-electron chi connectivity index (χ1n) is 6.95. The first-order chi connectivity index (χ1) is 8.31. The molecular weight excluding hydrogens is 223 g/mol. The van der Waals surface area contributed by atoms with Gasteiger partial charge in [0.05, 0.1) is 25.4 Å². The third-order valence-corrected chi connectivity index (χ3v) is 8.85. The van der Waals surface area contributed by atoms with Crippen molar-refractivity contribution >= 4 is 18.6 Å². The summed E-state index contributed by atoms with van der Waals surface area (Å²) in [6.07, 6.45) is 11.1. The monoisotopic (exact) mass is 245 g/mol. The largest absolute Gasteiger partial charge is 0.106 e. The molecule has 0 bridgehead atoms. The number of rotatable bonds is 1. The highest BCUT2D eigenvalue weighted by Gasteiger charge is 2.45. The number of hydrogen-bond acceptors (Lipinski definition) is 0. The lowest BCUT2D eigenvalue weighted by molar-refractivity contribution is 0.702. The van der Waals surface area contributed by atoms with Gasteiger partial charge in [-0.25, -0.2) is 0 Å². The molecule has 1 fully saturated rings. The fourth-order valence-corrected chi connectivity index (χ4v) is 7.31. The highest BCUT2D eigenvalue weighted by Crippen LogP contribution is 2.66. The molecule has 1 heterocycles. The molecule has 0 amide bonds. The number of fused-ring (bicyclic) bond motifs is 1. The van der Waals surface area contributed by atoms with Crippen molar-refractivity contribution in [1.29, 1.82) is 0 Å². The quantitative estimate of drug-likeness (QED) is 0.498. The molecule has 1 saturated carbocycles. The molecule has 17 heavy (non-hydrogen) atoms. The van der Waals surface area contributed by atoms with Crippen LogP contribution >= 0.6 is 7.26 Å². The van der Waals surface area contributed by atoms with E-state index in [0.29, 0.717) is 0 Å². The van der Waals surface area contributed by atoms with Gasteiger partial charge in [-0.05, 0) is 37.8 Å². The second kappa shape index (κ2) is 4.58. The summed E-state index contributed by atoms with van der Waals surface area (Å²) in [5, 5.41) is 1.67. The Kier molecular flexibility index (Phi) is 3.09. The minimum absolute atomic E-state index is 0.963. The van der Waals surface area contributed by atoms with E-state index >= 15 is 0 Å². The number of benzene rings is 1. The van der Waals surface area contributed by atoms with Gasteiger partial charge >= 0.3 is 0 Å². The molecule has 90 valence electrons. The van der Waals surface area contributed by atoms with Crippen LogP contribution in [0.15, 0.2) is 30.1 Å². The Hall–Kier alpha value is -0.610. The van der Waals surface area contributed by atoms with Crippen LogP contribution in [0.5, 0.6) is 0 Å². The summed E-state index contributed by atoms with van der Waals surface area (Å²) in [5.74, 6) is 2.58. The number of hydrogen-bond donors (Lipinski definition) is 0. The van der Waals surface area contributed by atoms with E-state index in [1.807, 2.05) is 0 Å². The van der Waals surface area contributed by atoms with Gasteiger partial charge in [0, 0.05) is 5.56 Å². The lowest BCUT2D eigenvalue weighted by Crippen LogP contribution is -2.20. The van der Waals surface area contributed by atoms with Gasteiger partial charge in [-0.15, -0.1) is 0 Å². The van der Waals surface area contributed by atoms with E-state index in [1.165, 1.54) is 44.1 Å². The summed E-state index contributed by atoms with van der Waals surface area (Å²) in [5.41, 5.74) is 2.46. The highest BCUT2D eigenvalue weighted by atomic mass is 31.2. The van der Waals surface area contributed by atoms with Gasteiger partial charge in [0.2, 0.25) is 0 Å². The summed E-state index contributed by atoms with van der Waals surface area (Å²) in [6, 6.07) is 9.06. The lowest BCUT2D eigenvalue weighted by Gasteiger charge is -2.26. The van der Waals surface area contributed by atoms with E-state index in [1.54, 1.807) is 5.30 Å². The molecule has 1 aliphatic heterocycles. The second-order valence-electron chi connectivity index (χ2n) is 5.67. The fraction of sp³-hybridized carbons (Fsp3) is 0.500. The Bertz CT molecular complexity index is 427. The van der Waals surface area contributed by atoms with Crippen LogP contribution < -0.4 is 5.30 Å². The molecule has 1 atom stereocenters. The maximum absolute atomic E-state index is 2.58. The zero-order chi connectivity index (χ0) is 11.7. The van der Waals surface area contributed by atoms with Crippen LogP contribution in [0, 0.1) is 0 Å². The van der Waals surface area contributed by atoms with Crippen molar-refractivity contribution in [3.8, 4) is 0 Å². The fourth-order valence-electron chi connectivity index (χ4n) is 3.50. The Morgan fingerprint density at radius 2 is 1.71 bits per heavy atom. The van der Waals surface area contributed by atoms with Gasteiger partial charge < -0.3 is 0 Å². The van der Waals surface area contributed by atoms with Gasteiger partial charge in [0.15, 0.2) is 0 Å². The molecule has 3 rings (SSSR count). The molecule has 1 aromatic rings. The Morgan fingerprint density at radius 1 is 1.00 bits per heavy atom. The van der Waals surface area contributed by atoms with Crippen LogP contribution in [0.3, 0.4) is 0 Å². The maximum atomic E-state index is 2.58. The topological polar surface area (TPSA) is 0 Å². The third-order valence-electron chi connectivity index (χ3n) is 4.60. The normalized spacial score (nSPS) is 29.0. The molecule has 0 N–H and O–H groups in total. The standard InChI is InChI=1S/C16H22P/c1-17(15-9-4-2-3-5-10-15)13-12-14-8-6-7-11-16(14)17/h6-8,11-13,15H,2-5,9-10H2,1H3/q+1. The van der Waals surface area contributed by atoms with Crippen molar-refractivity contribution in [1.82, 2.24) is 0 Å². The van der Waals surface area contributed by atoms with Crippen LogP contribution in [-0.4, -0.2) is 12.3 Å². The smallest absolute Gasteiger partial charge is 0.0614 e. The first-order valence-corrected chi connectivity index (χ1v) is 9.33. The van der Waals surface area contributed by atoms with Crippen molar-refractivity contribution in [2.75, 3.05) is 6.66 Å². The Labute approximate surface area is 105 Å². The van der Waals surface area contributed by atoms with E-state index in [0.717, 1.165) is 5.66 Å². The average molecular weight is 245 g/mol. The van der Waals surface area contributed by atoms with Crippen molar-refractivity contribution in [2.24, 2.45) is 0 Å². The SMILES string of the molecule is C[P+]1(C2CCCCCC2)C=Cc2ccccc21. The zero-order valence-corrected chi connectivity index (χ0v) is 11.6. The molecule has 1 aliphatic carbocycles. The van der Waals surface area contributed by atoms with E-state index < -0.39 is 7.26 Å². The summed E-state index contributed by atoms with van der Waals surface area (Å²) in [4.78, 5) is 0. The van der Waals surface area contributed by atoms with Crippen molar-refractivity contribution in [3.63, 3.8) is 0 Å². The van der Waals surface area contributed by atoms with Crippen LogP contribution in [0.1, 0.15) is 44.1 Å². The zero-order valence-electron chi connectivity index (χ0n) is 10.7. The predicted octanol–water partition coefficient (Wildman–Crippen LogP) is 4.67. The molecule has 0 saturated heterocycles. The third kappa shape index (κ3) is 1.97. The van der Waals surface area contributed by atoms with E-state index in [2.05, 4.69) is 42.8 Å². The summed E-state index contributed by atoms with van der Waals surface area (Å²) < 4.78 is 0. The first kappa shape index (κ1) is 11.5. The molecule has 0 nitrogen and oxygen atoms in total. The predicted molar refractivity (Wildman–Crippen MR) is 79.4 cm³/mol. The Morgan fingerprint density at radius 3 is 2.47 bits per heavy atom. The van der Waals surface area contributed by atoms with Crippen molar-refractivity contribution in [2.45, 2.75) is 44.2 Å². The van der Waals surface area contributed by atoms with Gasteiger partial charge in [-0.3, -0.25) is 0 Å². The van der Waals surface area contributed by atoms with Crippen LogP contribution in [0.25, 0.3) is 6.08 Å². The minimum atomic E-state index is -0.994. The average Bonchev–Trinajstić information content (AvgIpc) is 2.58. The van der Waals surface area contributed by atoms with Crippen LogP contribution in [0.2, 0.25) is 0 Å². The van der Waals surface area contributed by atoms with E-state index in [4.69, 9.17) is 0 Å². The molecule has 1 unspecified atom stereocenters. The van der Waals surface area contributed by atoms with Crippen LogP contribution in [0.4, 0.5) is 0 Å². The molecule has 0 radical (unpaired) electrons. The van der Waals surface area contributed by atoms with Crippen molar-refractivity contribution in [3.05, 3.63) is 35.6 Å². The maximum Gasteiger partial charge on any atom is 0.106 e. The molecule has 2 aliphatic rings. The van der Waals surface area contributed by atoms with Gasteiger partial charge in [-0.2, -0.15) is 0 Å². The highest BCUT2D eigenvalue weighted by molar-refractivity contribution is 7.86. The second-order valence-corrected chi connectivity index (χ2v) is 9.47.